The van der Waals surface area contributed by atoms with Crippen molar-refractivity contribution in [2.45, 2.75) is 32.2 Å². The fourth-order valence-electron chi connectivity index (χ4n) is 3.99. The van der Waals surface area contributed by atoms with Crippen molar-refractivity contribution in [2.24, 2.45) is 7.05 Å². The second-order valence-electron chi connectivity index (χ2n) is 7.61. The van der Waals surface area contributed by atoms with Gasteiger partial charge in [-0.15, -0.1) is 0 Å². The van der Waals surface area contributed by atoms with Gasteiger partial charge in [0.2, 0.25) is 0 Å². The summed E-state index contributed by atoms with van der Waals surface area (Å²) in [5, 5.41) is 11.0. The van der Waals surface area contributed by atoms with E-state index in [2.05, 4.69) is 46.6 Å². The van der Waals surface area contributed by atoms with Gasteiger partial charge in [-0.1, -0.05) is 19.9 Å². The maximum atomic E-state index is 12.7. The number of fused-ring (bicyclic) bond motifs is 3. The molecule has 0 bridgehead atoms. The monoisotopic (exact) mass is 353 g/mol. The van der Waals surface area contributed by atoms with Gasteiger partial charge < -0.3 is 10.6 Å². The number of nitrogens with zero attached hydrogens (tertiary/aromatic N) is 3. The zero-order chi connectivity index (χ0) is 18.3. The van der Waals surface area contributed by atoms with Crippen LogP contribution < -0.4 is 10.6 Å². The molecule has 1 amide bonds. The summed E-state index contributed by atoms with van der Waals surface area (Å²) in [5.41, 5.74) is 5.13. The van der Waals surface area contributed by atoms with Gasteiger partial charge in [0.05, 0.1) is 5.69 Å². The van der Waals surface area contributed by atoms with Crippen LogP contribution in [0.25, 0.3) is 0 Å². The highest BCUT2D eigenvalue weighted by atomic mass is 16.2. The Morgan fingerprint density at radius 2 is 2.15 bits per heavy atom. The zero-order valence-electron chi connectivity index (χ0n) is 15.7. The molecule has 6 nitrogen and oxygen atoms in total. The van der Waals surface area contributed by atoms with Crippen molar-refractivity contribution in [2.75, 3.05) is 31.5 Å². The molecule has 6 heteroatoms. The van der Waals surface area contributed by atoms with Crippen LogP contribution in [0.2, 0.25) is 0 Å². The van der Waals surface area contributed by atoms with Crippen molar-refractivity contribution in [3.8, 4) is 0 Å². The largest absolute Gasteiger partial charge is 0.321 e. The number of carbonyl (C=O) groups is 1. The van der Waals surface area contributed by atoms with Crippen molar-refractivity contribution in [1.29, 1.82) is 0 Å². The third-order valence-corrected chi connectivity index (χ3v) is 5.51. The number of amides is 1. The van der Waals surface area contributed by atoms with Gasteiger partial charge >= 0.3 is 0 Å². The average molecular weight is 353 g/mol. The lowest BCUT2D eigenvalue weighted by Gasteiger charge is -2.41. The van der Waals surface area contributed by atoms with Crippen LogP contribution in [0.1, 0.15) is 53.1 Å². The fraction of sp³-hybridized carbons (Fsp3) is 0.500. The molecule has 3 heterocycles. The van der Waals surface area contributed by atoms with E-state index >= 15 is 0 Å². The summed E-state index contributed by atoms with van der Waals surface area (Å²) in [6.07, 6.45) is 1.04. The first-order valence-electron chi connectivity index (χ1n) is 9.46. The summed E-state index contributed by atoms with van der Waals surface area (Å²) in [6.45, 7) is 8.44. The molecule has 138 valence electrons. The standard InChI is InChI=1S/C20H27N5O/c1-13(2)17-11-18(24(3)23-17)20(26)22-15-4-5-16-14(10-15)6-8-25-9-7-21-12-19(16)25/h4-5,10-11,13,19,21H,6-9,12H2,1-3H3,(H,22,26)/t19-/m0/s1. The first-order chi connectivity index (χ1) is 12.5. The van der Waals surface area contributed by atoms with Crippen LogP contribution in [-0.4, -0.2) is 46.8 Å². The molecule has 0 aliphatic carbocycles. The van der Waals surface area contributed by atoms with E-state index in [1.807, 2.05) is 19.2 Å². The summed E-state index contributed by atoms with van der Waals surface area (Å²) in [5.74, 6) is 0.196. The minimum absolute atomic E-state index is 0.108. The predicted octanol–water partition coefficient (Wildman–Crippen LogP) is 2.30. The quantitative estimate of drug-likeness (QED) is 0.889. The minimum Gasteiger partial charge on any atom is -0.321 e. The van der Waals surface area contributed by atoms with E-state index in [0.29, 0.717) is 17.7 Å². The van der Waals surface area contributed by atoms with Gasteiger partial charge in [-0.25, -0.2) is 0 Å². The number of aryl methyl sites for hydroxylation is 1. The molecule has 2 aliphatic heterocycles. The van der Waals surface area contributed by atoms with Crippen LogP contribution in [0.15, 0.2) is 24.3 Å². The molecule has 2 aliphatic rings. The van der Waals surface area contributed by atoms with Gasteiger partial charge in [-0.2, -0.15) is 5.10 Å². The van der Waals surface area contributed by atoms with Crippen molar-refractivity contribution < 1.29 is 4.79 Å². The third-order valence-electron chi connectivity index (χ3n) is 5.51. The van der Waals surface area contributed by atoms with Crippen LogP contribution in [0.3, 0.4) is 0 Å². The normalized spacial score (nSPS) is 19.9. The molecule has 4 rings (SSSR count). The highest BCUT2D eigenvalue weighted by Gasteiger charge is 2.29. The number of aromatic nitrogens is 2. The van der Waals surface area contributed by atoms with Gasteiger partial charge in [-0.3, -0.25) is 14.4 Å². The van der Waals surface area contributed by atoms with E-state index in [-0.39, 0.29) is 5.91 Å². The molecule has 0 unspecified atom stereocenters. The van der Waals surface area contributed by atoms with Crippen LogP contribution in [-0.2, 0) is 13.5 Å². The Morgan fingerprint density at radius 3 is 2.92 bits per heavy atom. The second-order valence-corrected chi connectivity index (χ2v) is 7.61. The van der Waals surface area contributed by atoms with Crippen molar-refractivity contribution in [3.63, 3.8) is 0 Å². The molecular formula is C20H27N5O. The van der Waals surface area contributed by atoms with Crippen molar-refractivity contribution in [1.82, 2.24) is 20.0 Å². The molecule has 0 spiro atoms. The highest BCUT2D eigenvalue weighted by molar-refractivity contribution is 6.03. The third kappa shape index (κ3) is 3.15. The zero-order valence-corrected chi connectivity index (χ0v) is 15.7. The van der Waals surface area contributed by atoms with Gasteiger partial charge in [0.25, 0.3) is 5.91 Å². The Kier molecular flexibility index (Phi) is 4.54. The number of anilines is 1. The van der Waals surface area contributed by atoms with Gasteiger partial charge in [0.1, 0.15) is 5.69 Å². The molecule has 2 N–H and O–H groups in total. The lowest BCUT2D eigenvalue weighted by atomic mass is 9.91. The minimum atomic E-state index is -0.108. The lowest BCUT2D eigenvalue weighted by Crippen LogP contribution is -2.48. The number of hydrogen-bond donors (Lipinski definition) is 2. The van der Waals surface area contributed by atoms with E-state index < -0.39 is 0 Å². The summed E-state index contributed by atoms with van der Waals surface area (Å²) in [6, 6.07) is 8.68. The first kappa shape index (κ1) is 17.2. The van der Waals surface area contributed by atoms with E-state index in [1.165, 1.54) is 11.1 Å². The molecular weight excluding hydrogens is 326 g/mol. The van der Waals surface area contributed by atoms with E-state index in [4.69, 9.17) is 0 Å². The smallest absolute Gasteiger partial charge is 0.273 e. The molecule has 1 fully saturated rings. The molecule has 1 atom stereocenters. The average Bonchev–Trinajstić information content (AvgIpc) is 3.03. The van der Waals surface area contributed by atoms with E-state index in [0.717, 1.165) is 44.0 Å². The van der Waals surface area contributed by atoms with Gasteiger partial charge in [-0.05, 0) is 41.7 Å². The Balaban J connectivity index is 1.53. The van der Waals surface area contributed by atoms with Crippen LogP contribution in [0, 0.1) is 0 Å². The molecule has 1 aromatic heterocycles. The Hall–Kier alpha value is -2.18. The summed E-state index contributed by atoms with van der Waals surface area (Å²) >= 11 is 0. The van der Waals surface area contributed by atoms with Crippen molar-refractivity contribution >= 4 is 11.6 Å². The second kappa shape index (κ2) is 6.85. The SMILES string of the molecule is CC(C)c1cc(C(=O)Nc2ccc3c(c2)CCN2CCNC[C@@H]32)n(C)n1. The summed E-state index contributed by atoms with van der Waals surface area (Å²) in [4.78, 5) is 15.2. The van der Waals surface area contributed by atoms with Crippen molar-refractivity contribution in [3.05, 3.63) is 46.8 Å². The van der Waals surface area contributed by atoms with Gasteiger partial charge in [0.15, 0.2) is 0 Å². The highest BCUT2D eigenvalue weighted by Crippen LogP contribution is 2.32. The van der Waals surface area contributed by atoms with Crippen LogP contribution in [0.5, 0.6) is 0 Å². The number of piperazine rings is 1. The van der Waals surface area contributed by atoms with E-state index in [9.17, 15) is 4.79 Å². The molecule has 0 radical (unpaired) electrons. The lowest BCUT2D eigenvalue weighted by molar-refractivity contribution is 0.101. The Morgan fingerprint density at radius 1 is 1.31 bits per heavy atom. The predicted molar refractivity (Wildman–Crippen MR) is 103 cm³/mol. The number of carbonyl (C=O) groups excluding carboxylic acids is 1. The summed E-state index contributed by atoms with van der Waals surface area (Å²) in [7, 11) is 1.82. The van der Waals surface area contributed by atoms with Crippen LogP contribution in [0.4, 0.5) is 5.69 Å². The Bertz CT molecular complexity index is 826. The molecule has 0 saturated carbocycles. The molecule has 2 aromatic rings. The fourth-order valence-corrected chi connectivity index (χ4v) is 3.99. The maximum Gasteiger partial charge on any atom is 0.273 e. The molecule has 26 heavy (non-hydrogen) atoms. The topological polar surface area (TPSA) is 62.2 Å². The van der Waals surface area contributed by atoms with Crippen LogP contribution >= 0.6 is 0 Å². The Labute approximate surface area is 154 Å². The summed E-state index contributed by atoms with van der Waals surface area (Å²) < 4.78 is 1.66. The molecule has 1 aromatic carbocycles. The number of rotatable bonds is 3. The van der Waals surface area contributed by atoms with E-state index in [1.54, 1.807) is 4.68 Å². The maximum absolute atomic E-state index is 12.7. The van der Waals surface area contributed by atoms with Gasteiger partial charge in [0, 0.05) is 45.0 Å². The number of hydrogen-bond acceptors (Lipinski definition) is 4. The first-order valence-corrected chi connectivity index (χ1v) is 9.46. The number of nitrogens with one attached hydrogen (secondary N) is 2. The number of benzene rings is 1. The molecule has 1 saturated heterocycles.